The standard InChI is InChI=1S/C25H29N5O4/c1-26-21-22(24(32)20-19(23(21)31)5-3-10-27-20)28-11-4-12-29-13-15-30(16-14-29)25(33)17-6-8-18(34-2)9-7-17/h3,5-10,20,27-28H,1,4,11-16H2,2H3. The number of Topliss-reactive ketones (excluding diaryl/α,β-unsaturated/α-hetero) is 2. The molecule has 1 aromatic rings. The highest BCUT2D eigenvalue weighted by Gasteiger charge is 2.39. The van der Waals surface area contributed by atoms with Gasteiger partial charge in [0.25, 0.3) is 5.91 Å². The van der Waals surface area contributed by atoms with E-state index < -0.39 is 6.04 Å². The van der Waals surface area contributed by atoms with Crippen LogP contribution in [-0.2, 0) is 9.59 Å². The van der Waals surface area contributed by atoms with Crippen LogP contribution in [0, 0.1) is 0 Å². The van der Waals surface area contributed by atoms with E-state index in [1.54, 1.807) is 49.7 Å². The molecule has 3 aliphatic rings. The van der Waals surface area contributed by atoms with Crippen LogP contribution in [0.15, 0.2) is 64.6 Å². The van der Waals surface area contributed by atoms with Crippen molar-refractivity contribution in [2.45, 2.75) is 12.5 Å². The molecule has 0 saturated carbocycles. The number of methoxy groups -OCH3 is 1. The van der Waals surface area contributed by atoms with Crippen molar-refractivity contribution in [1.29, 1.82) is 0 Å². The lowest BCUT2D eigenvalue weighted by Crippen LogP contribution is -2.49. The van der Waals surface area contributed by atoms with E-state index >= 15 is 0 Å². The van der Waals surface area contributed by atoms with Gasteiger partial charge < -0.3 is 20.3 Å². The number of nitrogens with one attached hydrogen (secondary N) is 2. The van der Waals surface area contributed by atoms with E-state index in [1.165, 1.54) is 0 Å². The minimum Gasteiger partial charge on any atom is -0.497 e. The van der Waals surface area contributed by atoms with Gasteiger partial charge in [0.1, 0.15) is 23.2 Å². The average Bonchev–Trinajstić information content (AvgIpc) is 2.89. The van der Waals surface area contributed by atoms with E-state index in [0.717, 1.165) is 31.8 Å². The zero-order chi connectivity index (χ0) is 24.1. The number of rotatable bonds is 8. The quantitative estimate of drug-likeness (QED) is 0.436. The molecule has 1 unspecified atom stereocenters. The summed E-state index contributed by atoms with van der Waals surface area (Å²) in [6, 6.07) is 6.48. The van der Waals surface area contributed by atoms with Gasteiger partial charge in [-0.25, -0.2) is 0 Å². The van der Waals surface area contributed by atoms with E-state index in [4.69, 9.17) is 4.74 Å². The van der Waals surface area contributed by atoms with Gasteiger partial charge in [0.05, 0.1) is 7.11 Å². The summed E-state index contributed by atoms with van der Waals surface area (Å²) in [5.41, 5.74) is 1.35. The van der Waals surface area contributed by atoms with E-state index in [2.05, 4.69) is 27.2 Å². The van der Waals surface area contributed by atoms with Crippen LogP contribution in [0.5, 0.6) is 5.75 Å². The third kappa shape index (κ3) is 4.79. The normalized spacial score (nSPS) is 20.4. The topological polar surface area (TPSA) is 103 Å². The summed E-state index contributed by atoms with van der Waals surface area (Å²) in [5, 5.41) is 6.06. The number of carbonyl (C=O) groups is 3. The van der Waals surface area contributed by atoms with Crippen LogP contribution in [0.1, 0.15) is 16.8 Å². The molecule has 34 heavy (non-hydrogen) atoms. The molecule has 2 heterocycles. The van der Waals surface area contributed by atoms with Gasteiger partial charge in [-0.15, -0.1) is 0 Å². The van der Waals surface area contributed by atoms with E-state index in [-0.39, 0.29) is 28.9 Å². The number of ether oxygens (including phenoxy) is 1. The number of hydrogen-bond donors (Lipinski definition) is 2. The molecular formula is C25H29N5O4. The van der Waals surface area contributed by atoms with E-state index in [0.29, 0.717) is 30.8 Å². The van der Waals surface area contributed by atoms with Crippen molar-refractivity contribution in [3.63, 3.8) is 0 Å². The molecule has 9 nitrogen and oxygen atoms in total. The first-order chi connectivity index (χ1) is 16.5. The largest absolute Gasteiger partial charge is 0.497 e. The lowest BCUT2D eigenvalue weighted by molar-refractivity contribution is -0.121. The molecule has 0 spiro atoms. The van der Waals surface area contributed by atoms with Gasteiger partial charge in [0.2, 0.25) is 11.6 Å². The average molecular weight is 464 g/mol. The molecule has 0 aromatic heterocycles. The molecule has 1 fully saturated rings. The Morgan fingerprint density at radius 1 is 1.21 bits per heavy atom. The molecule has 178 valence electrons. The third-order valence-corrected chi connectivity index (χ3v) is 6.28. The highest BCUT2D eigenvalue weighted by molar-refractivity contribution is 6.23. The number of dihydropyridines is 1. The summed E-state index contributed by atoms with van der Waals surface area (Å²) < 4.78 is 5.15. The van der Waals surface area contributed by atoms with Crippen LogP contribution < -0.4 is 15.4 Å². The Bertz CT molecular complexity index is 1070. The van der Waals surface area contributed by atoms with Gasteiger partial charge >= 0.3 is 0 Å². The predicted molar refractivity (Wildman–Crippen MR) is 129 cm³/mol. The molecule has 0 radical (unpaired) electrons. The van der Waals surface area contributed by atoms with Crippen LogP contribution in [-0.4, -0.2) is 86.4 Å². The number of ketones is 2. The Hall–Kier alpha value is -3.72. The maximum absolute atomic E-state index is 12.9. The van der Waals surface area contributed by atoms with Crippen molar-refractivity contribution in [2.24, 2.45) is 4.99 Å². The van der Waals surface area contributed by atoms with Crippen LogP contribution in [0.3, 0.4) is 0 Å². The highest BCUT2D eigenvalue weighted by atomic mass is 16.5. The summed E-state index contributed by atoms with van der Waals surface area (Å²) >= 11 is 0. The Balaban J connectivity index is 1.25. The summed E-state index contributed by atoms with van der Waals surface area (Å²) in [6.45, 7) is 7.72. The number of nitrogens with zero attached hydrogens (tertiary/aromatic N) is 3. The third-order valence-electron chi connectivity index (χ3n) is 6.28. The first-order valence-electron chi connectivity index (χ1n) is 11.4. The molecular weight excluding hydrogens is 434 g/mol. The van der Waals surface area contributed by atoms with Gasteiger partial charge in [-0.05, 0) is 56.2 Å². The van der Waals surface area contributed by atoms with Gasteiger partial charge in [-0.3, -0.25) is 24.3 Å². The van der Waals surface area contributed by atoms with Gasteiger partial charge in [-0.2, -0.15) is 0 Å². The number of fused-ring (bicyclic) bond motifs is 1. The van der Waals surface area contributed by atoms with Gasteiger partial charge in [0, 0.05) is 43.9 Å². The Morgan fingerprint density at radius 2 is 1.94 bits per heavy atom. The Kier molecular flexibility index (Phi) is 7.22. The smallest absolute Gasteiger partial charge is 0.253 e. The van der Waals surface area contributed by atoms with Crippen molar-refractivity contribution >= 4 is 24.2 Å². The molecule has 9 heteroatoms. The molecule has 1 aromatic carbocycles. The molecule has 1 amide bonds. The van der Waals surface area contributed by atoms with Crippen LogP contribution in [0.2, 0.25) is 0 Å². The van der Waals surface area contributed by atoms with Crippen molar-refractivity contribution in [2.75, 3.05) is 46.4 Å². The fourth-order valence-electron chi connectivity index (χ4n) is 4.35. The maximum Gasteiger partial charge on any atom is 0.253 e. The van der Waals surface area contributed by atoms with Crippen LogP contribution >= 0.6 is 0 Å². The second kappa shape index (κ2) is 10.5. The number of amides is 1. The fourth-order valence-corrected chi connectivity index (χ4v) is 4.35. The molecule has 1 atom stereocenters. The number of aliphatic imine (C=N–C) groups is 1. The Labute approximate surface area is 198 Å². The summed E-state index contributed by atoms with van der Waals surface area (Å²) in [5.74, 6) is 0.269. The number of benzene rings is 1. The second-order valence-corrected chi connectivity index (χ2v) is 8.30. The second-order valence-electron chi connectivity index (χ2n) is 8.30. The number of hydrogen-bond acceptors (Lipinski definition) is 8. The molecule has 2 N–H and O–H groups in total. The van der Waals surface area contributed by atoms with E-state index in [9.17, 15) is 14.4 Å². The summed E-state index contributed by atoms with van der Waals surface area (Å²) in [7, 11) is 1.60. The Morgan fingerprint density at radius 3 is 2.62 bits per heavy atom. The lowest BCUT2D eigenvalue weighted by atomic mass is 9.87. The van der Waals surface area contributed by atoms with Crippen molar-refractivity contribution in [3.8, 4) is 5.75 Å². The van der Waals surface area contributed by atoms with Gasteiger partial charge in [-0.1, -0.05) is 6.08 Å². The lowest BCUT2D eigenvalue weighted by Gasteiger charge is -2.35. The van der Waals surface area contributed by atoms with Crippen LogP contribution in [0.25, 0.3) is 0 Å². The van der Waals surface area contributed by atoms with Crippen LogP contribution in [0.4, 0.5) is 0 Å². The highest BCUT2D eigenvalue weighted by Crippen LogP contribution is 2.25. The summed E-state index contributed by atoms with van der Waals surface area (Å²) in [6.07, 6.45) is 5.77. The minimum atomic E-state index is -0.679. The number of piperazine rings is 1. The summed E-state index contributed by atoms with van der Waals surface area (Å²) in [4.78, 5) is 46.3. The monoisotopic (exact) mass is 463 g/mol. The zero-order valence-electron chi connectivity index (χ0n) is 19.3. The molecule has 4 rings (SSSR count). The van der Waals surface area contributed by atoms with Gasteiger partial charge in [0.15, 0.2) is 0 Å². The van der Waals surface area contributed by atoms with E-state index in [1.807, 2.05) is 4.90 Å². The first-order valence-corrected chi connectivity index (χ1v) is 11.4. The first kappa shape index (κ1) is 23.4. The number of allylic oxidation sites excluding steroid dienone is 3. The van der Waals surface area contributed by atoms with Crippen molar-refractivity contribution < 1.29 is 19.1 Å². The molecule has 1 saturated heterocycles. The maximum atomic E-state index is 12.9. The predicted octanol–water partition coefficient (Wildman–Crippen LogP) is 0.909. The molecule has 1 aliphatic carbocycles. The zero-order valence-corrected chi connectivity index (χ0v) is 19.3. The molecule has 0 bridgehead atoms. The van der Waals surface area contributed by atoms with Crippen molar-refractivity contribution in [1.82, 2.24) is 20.4 Å². The van der Waals surface area contributed by atoms with Crippen molar-refractivity contribution in [3.05, 3.63) is 65.1 Å². The number of carbonyl (C=O) groups excluding carboxylic acids is 3. The SMILES string of the molecule is C=NC1=C(NCCCN2CCN(C(=O)c3ccc(OC)cc3)CC2)C(=O)C2NC=CC=C2C1=O. The molecule has 2 aliphatic heterocycles. The minimum absolute atomic E-state index is 0.0282. The fraction of sp³-hybridized carbons (Fsp3) is 0.360.